The van der Waals surface area contributed by atoms with Crippen LogP contribution >= 0.6 is 0 Å². The zero-order valence-corrected chi connectivity index (χ0v) is 23.4. The molecular weight excluding hydrogens is 432 g/mol. The van der Waals surface area contributed by atoms with Gasteiger partial charge >= 0.3 is 14.2 Å². The Morgan fingerprint density at radius 3 is 1.43 bits per heavy atom. The third kappa shape index (κ3) is 4.41. The van der Waals surface area contributed by atoms with Crippen LogP contribution in [0.1, 0.15) is 93.2 Å². The number of hydrogen-bond donors (Lipinski definition) is 1. The predicted octanol–water partition coefficient (Wildman–Crippen LogP) is 4.96. The van der Waals surface area contributed by atoms with Gasteiger partial charge in [-0.2, -0.15) is 0 Å². The molecule has 2 aromatic rings. The highest BCUT2D eigenvalue weighted by Crippen LogP contribution is 2.40. The Morgan fingerprint density at radius 2 is 1.06 bits per heavy atom. The summed E-state index contributed by atoms with van der Waals surface area (Å²) >= 11 is 0. The minimum absolute atomic E-state index is 0.0461. The monoisotopic (exact) mass is 475 g/mol. The molecular formula is C29H43B2NO3. The van der Waals surface area contributed by atoms with Gasteiger partial charge in [0.15, 0.2) is 0 Å². The minimum atomic E-state index is -0.336. The maximum absolute atomic E-state index is 6.37. The second kappa shape index (κ2) is 8.76. The lowest BCUT2D eigenvalue weighted by Gasteiger charge is -2.33. The maximum Gasteiger partial charge on any atom is 0.494 e. The van der Waals surface area contributed by atoms with Crippen molar-refractivity contribution in [3.05, 3.63) is 59.7 Å². The predicted molar refractivity (Wildman–Crippen MR) is 148 cm³/mol. The highest BCUT2D eigenvalue weighted by Gasteiger charge is 2.52. The maximum atomic E-state index is 6.37. The Balaban J connectivity index is 1.58. The Bertz CT molecular complexity index is 927. The molecule has 0 unspecified atom stereocenters. The van der Waals surface area contributed by atoms with Crippen molar-refractivity contribution in [1.82, 2.24) is 5.23 Å². The molecule has 0 spiro atoms. The van der Waals surface area contributed by atoms with E-state index in [9.17, 15) is 0 Å². The molecule has 2 aliphatic heterocycles. The second-order valence-corrected chi connectivity index (χ2v) is 12.4. The molecule has 2 fully saturated rings. The van der Waals surface area contributed by atoms with Crippen LogP contribution in [-0.2, 0) is 19.4 Å². The van der Waals surface area contributed by atoms with Gasteiger partial charge in [-0.1, -0.05) is 62.4 Å². The third-order valence-corrected chi connectivity index (χ3v) is 9.37. The molecule has 188 valence electrons. The van der Waals surface area contributed by atoms with Crippen LogP contribution in [0.5, 0.6) is 0 Å². The van der Waals surface area contributed by atoms with E-state index in [0.29, 0.717) is 0 Å². The fourth-order valence-corrected chi connectivity index (χ4v) is 5.27. The van der Waals surface area contributed by atoms with E-state index < -0.39 is 0 Å². The molecule has 0 aromatic heterocycles. The van der Waals surface area contributed by atoms with Crippen molar-refractivity contribution >= 4 is 25.1 Å². The van der Waals surface area contributed by atoms with Crippen LogP contribution in [-0.4, -0.2) is 36.5 Å². The quantitative estimate of drug-likeness (QED) is 0.600. The molecule has 0 radical (unpaired) electrons. The van der Waals surface area contributed by atoms with Crippen LogP contribution in [0.15, 0.2) is 48.5 Å². The first kappa shape index (κ1) is 26.5. The summed E-state index contributed by atoms with van der Waals surface area (Å²) in [6.45, 7) is 21.7. The Morgan fingerprint density at radius 1 is 0.629 bits per heavy atom. The number of hydrogen-bond acceptors (Lipinski definition) is 4. The Kier molecular flexibility index (Phi) is 6.63. The van der Waals surface area contributed by atoms with E-state index in [2.05, 4.69) is 123 Å². The van der Waals surface area contributed by atoms with Gasteiger partial charge in [-0.25, -0.2) is 0 Å². The molecule has 4 rings (SSSR count). The number of rotatable bonds is 6. The minimum Gasteiger partial charge on any atom is -0.411 e. The molecule has 2 saturated heterocycles. The van der Waals surface area contributed by atoms with E-state index in [0.717, 1.165) is 18.3 Å². The van der Waals surface area contributed by atoms with Crippen LogP contribution in [0.2, 0.25) is 0 Å². The number of benzene rings is 2. The molecule has 2 aromatic carbocycles. The molecule has 1 N–H and O–H groups in total. The highest BCUT2D eigenvalue weighted by atomic mass is 16.7. The van der Waals surface area contributed by atoms with Gasteiger partial charge in [0, 0.05) is 11.0 Å². The fraction of sp³-hybridized carbons (Fsp3) is 0.586. The third-order valence-electron chi connectivity index (χ3n) is 9.37. The van der Waals surface area contributed by atoms with Gasteiger partial charge in [0.2, 0.25) is 0 Å². The van der Waals surface area contributed by atoms with Crippen molar-refractivity contribution in [3.8, 4) is 0 Å². The van der Waals surface area contributed by atoms with Crippen LogP contribution in [0.4, 0.5) is 0 Å². The van der Waals surface area contributed by atoms with E-state index in [-0.39, 0.29) is 41.9 Å². The SMILES string of the molecule is CCC(CC)(c1ccc(B2NC(C)(C)C(C)(C)O2)cc1)c1ccc(B2OC(C)(C)C(C)(C)O2)cc1. The normalized spacial score (nSPS) is 22.6. The standard InChI is InChI=1S/C29H43B2NO3/c1-11-29(12-2,21-13-17-23(18-14-21)30-32-25(3,4)26(5,6)33-30)22-15-19-24(20-16-22)31-34-27(7,8)28(9,10)35-31/h13-20,32H,11-12H2,1-10H3. The zero-order valence-electron chi connectivity index (χ0n) is 23.4. The van der Waals surface area contributed by atoms with Crippen molar-refractivity contribution in [1.29, 1.82) is 0 Å². The van der Waals surface area contributed by atoms with Crippen molar-refractivity contribution in [2.24, 2.45) is 0 Å². The van der Waals surface area contributed by atoms with E-state index >= 15 is 0 Å². The van der Waals surface area contributed by atoms with E-state index in [4.69, 9.17) is 14.0 Å². The molecule has 35 heavy (non-hydrogen) atoms. The highest BCUT2D eigenvalue weighted by molar-refractivity contribution is 6.66. The molecule has 0 amide bonds. The van der Waals surface area contributed by atoms with Crippen molar-refractivity contribution in [2.75, 3.05) is 0 Å². The lowest BCUT2D eigenvalue weighted by molar-refractivity contribution is 0.00578. The first-order chi connectivity index (χ1) is 16.2. The summed E-state index contributed by atoms with van der Waals surface area (Å²) in [7, 11) is -0.427. The Labute approximate surface area is 213 Å². The average Bonchev–Trinajstić information content (AvgIpc) is 3.15. The molecule has 0 atom stereocenters. The fourth-order valence-electron chi connectivity index (χ4n) is 5.27. The van der Waals surface area contributed by atoms with Gasteiger partial charge in [0.1, 0.15) is 0 Å². The summed E-state index contributed by atoms with van der Waals surface area (Å²) in [6.07, 6.45) is 2.05. The lowest BCUT2D eigenvalue weighted by atomic mass is 9.67. The van der Waals surface area contributed by atoms with Crippen molar-refractivity contribution < 1.29 is 14.0 Å². The van der Waals surface area contributed by atoms with Gasteiger partial charge in [0.25, 0.3) is 0 Å². The van der Waals surface area contributed by atoms with Gasteiger partial charge in [-0.3, -0.25) is 0 Å². The van der Waals surface area contributed by atoms with E-state index in [1.54, 1.807) is 0 Å². The molecule has 2 aliphatic rings. The van der Waals surface area contributed by atoms with Crippen LogP contribution < -0.4 is 16.2 Å². The summed E-state index contributed by atoms with van der Waals surface area (Å²) in [5.41, 5.74) is 3.86. The van der Waals surface area contributed by atoms with Crippen molar-refractivity contribution in [3.63, 3.8) is 0 Å². The zero-order chi connectivity index (χ0) is 25.9. The molecule has 6 heteroatoms. The topological polar surface area (TPSA) is 39.7 Å². The number of nitrogens with one attached hydrogen (secondary N) is 1. The lowest BCUT2D eigenvalue weighted by Crippen LogP contribution is -2.51. The Hall–Kier alpha value is -1.59. The van der Waals surface area contributed by atoms with Gasteiger partial charge in [-0.15, -0.1) is 0 Å². The molecule has 2 heterocycles. The summed E-state index contributed by atoms with van der Waals surface area (Å²) in [5, 5.41) is 3.65. The van der Waals surface area contributed by atoms with E-state index in [1.165, 1.54) is 16.6 Å². The van der Waals surface area contributed by atoms with E-state index in [1.807, 2.05) is 0 Å². The van der Waals surface area contributed by atoms with Gasteiger partial charge < -0.3 is 19.2 Å². The van der Waals surface area contributed by atoms with Gasteiger partial charge in [-0.05, 0) is 90.3 Å². The largest absolute Gasteiger partial charge is 0.494 e. The van der Waals surface area contributed by atoms with Gasteiger partial charge in [0.05, 0.1) is 16.8 Å². The molecule has 0 bridgehead atoms. The summed E-state index contributed by atoms with van der Waals surface area (Å²) in [5.74, 6) is 0. The first-order valence-electron chi connectivity index (χ1n) is 13.2. The summed E-state index contributed by atoms with van der Waals surface area (Å²) in [4.78, 5) is 0. The first-order valence-corrected chi connectivity index (χ1v) is 13.2. The smallest absolute Gasteiger partial charge is 0.411 e. The summed E-state index contributed by atoms with van der Waals surface area (Å²) in [6, 6.07) is 17.9. The molecule has 4 nitrogen and oxygen atoms in total. The molecule has 0 aliphatic carbocycles. The van der Waals surface area contributed by atoms with Crippen molar-refractivity contribution in [2.45, 2.75) is 110 Å². The average molecular weight is 475 g/mol. The van der Waals surface area contributed by atoms with Crippen LogP contribution in [0.25, 0.3) is 0 Å². The van der Waals surface area contributed by atoms with Crippen LogP contribution in [0, 0.1) is 0 Å². The summed E-state index contributed by atoms with van der Waals surface area (Å²) < 4.78 is 18.9. The van der Waals surface area contributed by atoms with Crippen LogP contribution in [0.3, 0.4) is 0 Å². The molecule has 0 saturated carbocycles. The second-order valence-electron chi connectivity index (χ2n) is 12.4.